The number of benzene rings is 1. The fraction of sp³-hybridized carbons (Fsp3) is 0.600. The standard InChI is InChI=1S/C15H25N3O2/c1-17(10-11-18-8-6-16-7-9-18)12-13-4-3-5-14(20-2)15(13)19/h3-5,16,19H,6-12H2,1-2H3. The van der Waals surface area contributed by atoms with Gasteiger partial charge in [0.15, 0.2) is 11.5 Å². The second kappa shape index (κ2) is 7.47. The number of likely N-dealkylation sites (N-methyl/N-ethyl adjacent to an activating group) is 1. The lowest BCUT2D eigenvalue weighted by Gasteiger charge is -2.29. The molecular weight excluding hydrogens is 254 g/mol. The van der Waals surface area contributed by atoms with Gasteiger partial charge in [0.1, 0.15) is 0 Å². The Kier molecular flexibility index (Phi) is 5.64. The predicted octanol–water partition coefficient (Wildman–Crippen LogP) is 0.738. The topological polar surface area (TPSA) is 48.0 Å². The SMILES string of the molecule is COc1cccc(CN(C)CCN2CCNCC2)c1O. The first-order valence-electron chi connectivity index (χ1n) is 7.17. The van der Waals surface area contributed by atoms with Crippen molar-refractivity contribution < 1.29 is 9.84 Å². The Hall–Kier alpha value is -1.30. The average Bonchev–Trinajstić information content (AvgIpc) is 2.48. The number of ether oxygens (including phenoxy) is 1. The Balaban J connectivity index is 1.83. The third-order valence-corrected chi connectivity index (χ3v) is 3.75. The summed E-state index contributed by atoms with van der Waals surface area (Å²) in [4.78, 5) is 4.70. The molecule has 1 fully saturated rings. The van der Waals surface area contributed by atoms with Gasteiger partial charge >= 0.3 is 0 Å². The first kappa shape index (κ1) is 15.1. The summed E-state index contributed by atoms with van der Waals surface area (Å²) in [6, 6.07) is 5.64. The molecule has 0 saturated carbocycles. The van der Waals surface area contributed by atoms with Crippen molar-refractivity contribution in [2.24, 2.45) is 0 Å². The van der Waals surface area contributed by atoms with Crippen LogP contribution in [0.15, 0.2) is 18.2 Å². The van der Waals surface area contributed by atoms with E-state index in [2.05, 4.69) is 22.2 Å². The van der Waals surface area contributed by atoms with Crippen LogP contribution in [0.25, 0.3) is 0 Å². The van der Waals surface area contributed by atoms with Crippen molar-refractivity contribution in [3.8, 4) is 11.5 Å². The van der Waals surface area contributed by atoms with Crippen LogP contribution in [0.3, 0.4) is 0 Å². The lowest BCUT2D eigenvalue weighted by atomic mass is 10.1. The minimum atomic E-state index is 0.254. The molecule has 5 heteroatoms. The number of rotatable bonds is 6. The van der Waals surface area contributed by atoms with Crippen LogP contribution in [0.1, 0.15) is 5.56 Å². The molecule has 112 valence electrons. The fourth-order valence-corrected chi connectivity index (χ4v) is 2.48. The molecular formula is C15H25N3O2. The number of phenols is 1. The van der Waals surface area contributed by atoms with Gasteiger partial charge in [0.2, 0.25) is 0 Å². The van der Waals surface area contributed by atoms with Crippen LogP contribution in [0.4, 0.5) is 0 Å². The summed E-state index contributed by atoms with van der Waals surface area (Å²) in [6.45, 7) is 7.21. The van der Waals surface area contributed by atoms with Gasteiger partial charge in [-0.3, -0.25) is 4.90 Å². The smallest absolute Gasteiger partial charge is 0.162 e. The Morgan fingerprint density at radius 2 is 2.10 bits per heavy atom. The molecule has 0 aliphatic carbocycles. The summed E-state index contributed by atoms with van der Waals surface area (Å²) in [6.07, 6.45) is 0. The predicted molar refractivity (Wildman–Crippen MR) is 80.3 cm³/mol. The molecule has 2 N–H and O–H groups in total. The summed E-state index contributed by atoms with van der Waals surface area (Å²) < 4.78 is 5.14. The zero-order chi connectivity index (χ0) is 14.4. The number of hydrogen-bond acceptors (Lipinski definition) is 5. The number of nitrogens with zero attached hydrogens (tertiary/aromatic N) is 2. The lowest BCUT2D eigenvalue weighted by Crippen LogP contribution is -2.45. The largest absolute Gasteiger partial charge is 0.504 e. The monoisotopic (exact) mass is 279 g/mol. The first-order valence-corrected chi connectivity index (χ1v) is 7.17. The van der Waals surface area contributed by atoms with Crippen molar-refractivity contribution >= 4 is 0 Å². The number of methoxy groups -OCH3 is 1. The Labute approximate surface area is 121 Å². The fourth-order valence-electron chi connectivity index (χ4n) is 2.48. The van der Waals surface area contributed by atoms with Crippen molar-refractivity contribution in [1.29, 1.82) is 0 Å². The molecule has 1 aromatic rings. The van der Waals surface area contributed by atoms with Crippen LogP contribution in [0.2, 0.25) is 0 Å². The van der Waals surface area contributed by atoms with Gasteiger partial charge in [0.25, 0.3) is 0 Å². The molecule has 0 atom stereocenters. The molecule has 1 aliphatic rings. The van der Waals surface area contributed by atoms with E-state index >= 15 is 0 Å². The maximum Gasteiger partial charge on any atom is 0.162 e. The number of para-hydroxylation sites is 1. The molecule has 0 spiro atoms. The van der Waals surface area contributed by atoms with Gasteiger partial charge in [-0.25, -0.2) is 0 Å². The van der Waals surface area contributed by atoms with Crippen molar-refractivity contribution in [2.75, 3.05) is 53.4 Å². The third kappa shape index (κ3) is 4.10. The van der Waals surface area contributed by atoms with E-state index < -0.39 is 0 Å². The van der Waals surface area contributed by atoms with Gasteiger partial charge in [-0.15, -0.1) is 0 Å². The van der Waals surface area contributed by atoms with E-state index in [1.54, 1.807) is 13.2 Å². The van der Waals surface area contributed by atoms with Crippen molar-refractivity contribution in [1.82, 2.24) is 15.1 Å². The molecule has 2 rings (SSSR count). The summed E-state index contributed by atoms with van der Waals surface area (Å²) in [7, 11) is 3.66. The number of aromatic hydroxyl groups is 1. The molecule has 0 radical (unpaired) electrons. The van der Waals surface area contributed by atoms with Crippen LogP contribution in [-0.4, -0.2) is 68.3 Å². The molecule has 20 heavy (non-hydrogen) atoms. The third-order valence-electron chi connectivity index (χ3n) is 3.75. The van der Waals surface area contributed by atoms with E-state index in [0.29, 0.717) is 5.75 Å². The summed E-state index contributed by atoms with van der Waals surface area (Å²) in [5.41, 5.74) is 0.909. The zero-order valence-electron chi connectivity index (χ0n) is 12.4. The Bertz CT molecular complexity index is 420. The maximum atomic E-state index is 10.1. The van der Waals surface area contributed by atoms with E-state index in [0.717, 1.165) is 51.4 Å². The highest BCUT2D eigenvalue weighted by Gasteiger charge is 2.12. The van der Waals surface area contributed by atoms with Crippen molar-refractivity contribution in [2.45, 2.75) is 6.54 Å². The van der Waals surface area contributed by atoms with E-state index in [1.165, 1.54) is 0 Å². The van der Waals surface area contributed by atoms with Gasteiger partial charge in [-0.05, 0) is 13.1 Å². The molecule has 0 amide bonds. The highest BCUT2D eigenvalue weighted by molar-refractivity contribution is 5.45. The second-order valence-corrected chi connectivity index (χ2v) is 5.30. The Morgan fingerprint density at radius 3 is 2.80 bits per heavy atom. The number of phenolic OH excluding ortho intramolecular Hbond substituents is 1. The number of hydrogen-bond donors (Lipinski definition) is 2. The Morgan fingerprint density at radius 1 is 1.35 bits per heavy atom. The van der Waals surface area contributed by atoms with E-state index in [9.17, 15) is 5.11 Å². The minimum Gasteiger partial charge on any atom is -0.504 e. The van der Waals surface area contributed by atoms with Gasteiger partial charge < -0.3 is 20.1 Å². The van der Waals surface area contributed by atoms with Crippen molar-refractivity contribution in [3.63, 3.8) is 0 Å². The van der Waals surface area contributed by atoms with Crippen LogP contribution in [0, 0.1) is 0 Å². The molecule has 0 unspecified atom stereocenters. The number of piperazine rings is 1. The summed E-state index contributed by atoms with van der Waals surface area (Å²) >= 11 is 0. The van der Waals surface area contributed by atoms with Crippen LogP contribution >= 0.6 is 0 Å². The van der Waals surface area contributed by atoms with Gasteiger partial charge in [0, 0.05) is 51.4 Å². The molecule has 0 bridgehead atoms. The normalized spacial score (nSPS) is 16.6. The summed E-state index contributed by atoms with van der Waals surface area (Å²) in [5.74, 6) is 0.794. The molecule has 1 saturated heterocycles. The minimum absolute atomic E-state index is 0.254. The molecule has 0 aromatic heterocycles. The molecule has 1 aliphatic heterocycles. The molecule has 1 aromatic carbocycles. The summed E-state index contributed by atoms with van der Waals surface area (Å²) in [5, 5.41) is 13.4. The van der Waals surface area contributed by atoms with Gasteiger partial charge in [-0.1, -0.05) is 12.1 Å². The average molecular weight is 279 g/mol. The highest BCUT2D eigenvalue weighted by atomic mass is 16.5. The van der Waals surface area contributed by atoms with E-state index in [1.807, 2.05) is 12.1 Å². The zero-order valence-corrected chi connectivity index (χ0v) is 12.4. The molecule has 1 heterocycles. The lowest BCUT2D eigenvalue weighted by molar-refractivity contribution is 0.201. The first-order chi connectivity index (χ1) is 9.70. The van der Waals surface area contributed by atoms with Gasteiger partial charge in [-0.2, -0.15) is 0 Å². The van der Waals surface area contributed by atoms with E-state index in [-0.39, 0.29) is 5.75 Å². The number of nitrogens with one attached hydrogen (secondary N) is 1. The van der Waals surface area contributed by atoms with Gasteiger partial charge in [0.05, 0.1) is 7.11 Å². The quantitative estimate of drug-likeness (QED) is 0.804. The maximum absolute atomic E-state index is 10.1. The van der Waals surface area contributed by atoms with Crippen LogP contribution < -0.4 is 10.1 Å². The second-order valence-electron chi connectivity index (χ2n) is 5.30. The van der Waals surface area contributed by atoms with Crippen LogP contribution in [-0.2, 0) is 6.54 Å². The van der Waals surface area contributed by atoms with Crippen LogP contribution in [0.5, 0.6) is 11.5 Å². The highest BCUT2D eigenvalue weighted by Crippen LogP contribution is 2.29. The molecule has 5 nitrogen and oxygen atoms in total. The van der Waals surface area contributed by atoms with Crippen molar-refractivity contribution in [3.05, 3.63) is 23.8 Å². The van der Waals surface area contributed by atoms with E-state index in [4.69, 9.17) is 4.74 Å².